The van der Waals surface area contributed by atoms with Crippen molar-refractivity contribution in [2.45, 2.75) is 33.2 Å². The topological polar surface area (TPSA) is 23.6 Å². The predicted octanol–water partition coefficient (Wildman–Crippen LogP) is 2.78. The lowest BCUT2D eigenvalue weighted by Gasteiger charge is -2.51. The van der Waals surface area contributed by atoms with Gasteiger partial charge in [0.15, 0.2) is 0 Å². The van der Waals surface area contributed by atoms with Crippen molar-refractivity contribution in [2.24, 2.45) is 5.41 Å². The van der Waals surface area contributed by atoms with E-state index in [1.165, 1.54) is 16.7 Å². The van der Waals surface area contributed by atoms with Gasteiger partial charge >= 0.3 is 0 Å². The number of halogens is 1. The molecule has 0 N–H and O–H groups in total. The molecule has 2 aliphatic rings. The van der Waals surface area contributed by atoms with Crippen LogP contribution in [0.25, 0.3) is 0 Å². The van der Waals surface area contributed by atoms with E-state index in [1.807, 2.05) is 11.9 Å². The Kier molecular flexibility index (Phi) is 4.64. The first-order chi connectivity index (χ1) is 9.50. The summed E-state index contributed by atoms with van der Waals surface area (Å²) in [4.78, 5) is 16.3. The van der Waals surface area contributed by atoms with Crippen molar-refractivity contribution in [2.75, 3.05) is 26.7 Å². The SMILES string of the molecule is Cc1ccc(CN2CCC3(CC2)CN(C)C3=O)cc1C.Cl. The second-order valence-electron chi connectivity index (χ2n) is 6.64. The third-order valence-corrected chi connectivity index (χ3v) is 5.13. The van der Waals surface area contributed by atoms with Crippen LogP contribution in [0, 0.1) is 19.3 Å². The zero-order valence-corrected chi connectivity index (χ0v) is 14.0. The number of nitrogens with zero attached hydrogens (tertiary/aromatic N) is 2. The summed E-state index contributed by atoms with van der Waals surface area (Å²) in [7, 11) is 1.91. The van der Waals surface area contributed by atoms with E-state index in [1.54, 1.807) is 0 Å². The van der Waals surface area contributed by atoms with Crippen LogP contribution < -0.4 is 0 Å². The Labute approximate surface area is 133 Å². The van der Waals surface area contributed by atoms with Crippen LogP contribution >= 0.6 is 12.4 Å². The average Bonchev–Trinajstić information content (AvgIpc) is 2.45. The van der Waals surface area contributed by atoms with Crippen molar-refractivity contribution in [1.82, 2.24) is 9.80 Å². The molecular formula is C17H25ClN2O. The van der Waals surface area contributed by atoms with Crippen LogP contribution in [0.5, 0.6) is 0 Å². The summed E-state index contributed by atoms with van der Waals surface area (Å²) < 4.78 is 0. The highest BCUT2D eigenvalue weighted by molar-refractivity contribution is 5.88. The van der Waals surface area contributed by atoms with Crippen LogP contribution in [0.1, 0.15) is 29.5 Å². The van der Waals surface area contributed by atoms with Crippen molar-refractivity contribution >= 4 is 18.3 Å². The third-order valence-electron chi connectivity index (χ3n) is 5.13. The maximum absolute atomic E-state index is 12.0. The van der Waals surface area contributed by atoms with E-state index < -0.39 is 0 Å². The van der Waals surface area contributed by atoms with Crippen molar-refractivity contribution in [3.63, 3.8) is 0 Å². The van der Waals surface area contributed by atoms with E-state index >= 15 is 0 Å². The Bertz CT molecular complexity index is 536. The summed E-state index contributed by atoms with van der Waals surface area (Å²) in [5, 5.41) is 0. The highest BCUT2D eigenvalue weighted by Gasteiger charge is 2.51. The van der Waals surface area contributed by atoms with Crippen LogP contribution in [0.4, 0.5) is 0 Å². The molecule has 1 aromatic carbocycles. The number of amides is 1. The first-order valence-electron chi connectivity index (χ1n) is 7.54. The number of hydrogen-bond acceptors (Lipinski definition) is 2. The minimum atomic E-state index is -0.00551. The molecule has 2 fully saturated rings. The molecule has 0 bridgehead atoms. The average molecular weight is 309 g/mol. The molecule has 1 spiro atoms. The molecular weight excluding hydrogens is 284 g/mol. The van der Waals surface area contributed by atoms with E-state index in [0.29, 0.717) is 5.91 Å². The number of benzene rings is 1. The van der Waals surface area contributed by atoms with Crippen LogP contribution in [0.15, 0.2) is 18.2 Å². The monoisotopic (exact) mass is 308 g/mol. The molecule has 4 heteroatoms. The van der Waals surface area contributed by atoms with E-state index in [2.05, 4.69) is 36.9 Å². The second-order valence-corrected chi connectivity index (χ2v) is 6.64. The van der Waals surface area contributed by atoms with Crippen LogP contribution in [-0.2, 0) is 11.3 Å². The van der Waals surface area contributed by atoms with Gasteiger partial charge in [-0.05, 0) is 56.5 Å². The Hall–Kier alpha value is -1.06. The number of carbonyl (C=O) groups is 1. The molecule has 2 aliphatic heterocycles. The van der Waals surface area contributed by atoms with E-state index in [-0.39, 0.29) is 17.8 Å². The molecule has 2 heterocycles. The summed E-state index contributed by atoms with van der Waals surface area (Å²) in [5.74, 6) is 0.364. The summed E-state index contributed by atoms with van der Waals surface area (Å²) in [5.41, 5.74) is 4.11. The zero-order valence-electron chi connectivity index (χ0n) is 13.2. The zero-order chi connectivity index (χ0) is 14.3. The van der Waals surface area contributed by atoms with Gasteiger partial charge in [0.05, 0.1) is 5.41 Å². The Morgan fingerprint density at radius 1 is 1.14 bits per heavy atom. The number of piperidine rings is 1. The van der Waals surface area contributed by atoms with Crippen LogP contribution in [0.2, 0.25) is 0 Å². The number of aryl methyl sites for hydroxylation is 2. The van der Waals surface area contributed by atoms with Gasteiger partial charge in [0, 0.05) is 20.1 Å². The van der Waals surface area contributed by atoms with E-state index in [9.17, 15) is 4.79 Å². The maximum atomic E-state index is 12.0. The smallest absolute Gasteiger partial charge is 0.230 e. The predicted molar refractivity (Wildman–Crippen MR) is 87.7 cm³/mol. The molecule has 1 amide bonds. The Morgan fingerprint density at radius 3 is 2.33 bits per heavy atom. The first-order valence-corrected chi connectivity index (χ1v) is 7.54. The van der Waals surface area contributed by atoms with Gasteiger partial charge in [-0.15, -0.1) is 12.4 Å². The van der Waals surface area contributed by atoms with Gasteiger partial charge in [-0.25, -0.2) is 0 Å². The highest BCUT2D eigenvalue weighted by Crippen LogP contribution is 2.41. The van der Waals surface area contributed by atoms with Gasteiger partial charge in [-0.1, -0.05) is 18.2 Å². The molecule has 3 nitrogen and oxygen atoms in total. The summed E-state index contributed by atoms with van der Waals surface area (Å²) in [6, 6.07) is 6.73. The third kappa shape index (κ3) is 2.95. The summed E-state index contributed by atoms with van der Waals surface area (Å²) in [6.45, 7) is 8.40. The number of hydrogen-bond donors (Lipinski definition) is 0. The lowest BCUT2D eigenvalue weighted by Crippen LogP contribution is -2.63. The minimum absolute atomic E-state index is 0. The van der Waals surface area contributed by atoms with Gasteiger partial charge < -0.3 is 4.90 Å². The van der Waals surface area contributed by atoms with Gasteiger partial charge in [-0.3, -0.25) is 9.69 Å². The lowest BCUT2D eigenvalue weighted by atomic mass is 9.71. The maximum Gasteiger partial charge on any atom is 0.230 e. The molecule has 0 saturated carbocycles. The largest absolute Gasteiger partial charge is 0.344 e. The summed E-state index contributed by atoms with van der Waals surface area (Å²) >= 11 is 0. The second kappa shape index (κ2) is 5.98. The molecule has 1 aromatic rings. The van der Waals surface area contributed by atoms with Gasteiger partial charge in [0.2, 0.25) is 5.91 Å². The van der Waals surface area contributed by atoms with Gasteiger partial charge in [-0.2, -0.15) is 0 Å². The number of rotatable bonds is 2. The van der Waals surface area contributed by atoms with Gasteiger partial charge in [0.25, 0.3) is 0 Å². The molecule has 0 unspecified atom stereocenters. The normalized spacial score (nSPS) is 21.1. The van der Waals surface area contributed by atoms with Crippen molar-refractivity contribution < 1.29 is 4.79 Å². The molecule has 3 rings (SSSR count). The molecule has 0 atom stereocenters. The first kappa shape index (κ1) is 16.3. The van der Waals surface area contributed by atoms with Gasteiger partial charge in [0.1, 0.15) is 0 Å². The van der Waals surface area contributed by atoms with E-state index in [4.69, 9.17) is 0 Å². The fourth-order valence-corrected chi connectivity index (χ4v) is 3.58. The fourth-order valence-electron chi connectivity index (χ4n) is 3.58. The van der Waals surface area contributed by atoms with Crippen LogP contribution in [0.3, 0.4) is 0 Å². The lowest BCUT2D eigenvalue weighted by molar-refractivity contribution is -0.162. The molecule has 0 radical (unpaired) electrons. The minimum Gasteiger partial charge on any atom is -0.344 e. The molecule has 116 valence electrons. The number of likely N-dealkylation sites (tertiary alicyclic amines) is 2. The number of carbonyl (C=O) groups excluding carboxylic acids is 1. The standard InChI is InChI=1S/C17H24N2O.ClH/c1-13-4-5-15(10-14(13)2)11-19-8-6-17(7-9-19)12-18(3)16(17)20;/h4-5,10H,6-9,11-12H2,1-3H3;1H. The van der Waals surface area contributed by atoms with Crippen molar-refractivity contribution in [1.29, 1.82) is 0 Å². The molecule has 0 aliphatic carbocycles. The van der Waals surface area contributed by atoms with Crippen LogP contribution in [-0.4, -0.2) is 42.4 Å². The van der Waals surface area contributed by atoms with Crippen molar-refractivity contribution in [3.8, 4) is 0 Å². The Morgan fingerprint density at radius 2 is 1.81 bits per heavy atom. The molecule has 21 heavy (non-hydrogen) atoms. The highest BCUT2D eigenvalue weighted by atomic mass is 35.5. The Balaban J connectivity index is 0.00000161. The quantitative estimate of drug-likeness (QED) is 0.784. The van der Waals surface area contributed by atoms with E-state index in [0.717, 1.165) is 39.0 Å². The van der Waals surface area contributed by atoms with Crippen molar-refractivity contribution in [3.05, 3.63) is 34.9 Å². The molecule has 0 aromatic heterocycles. The number of β-lactam (4-membered cyclic amide) rings is 1. The fraction of sp³-hybridized carbons (Fsp3) is 0.588. The summed E-state index contributed by atoms with van der Waals surface area (Å²) in [6.07, 6.45) is 2.06. The molecule has 2 saturated heterocycles.